The zero-order chi connectivity index (χ0) is 11.8. The van der Waals surface area contributed by atoms with Crippen LogP contribution in [0.5, 0.6) is 0 Å². The van der Waals surface area contributed by atoms with Crippen molar-refractivity contribution in [3.8, 4) is 0 Å². The van der Waals surface area contributed by atoms with Crippen LogP contribution in [0.2, 0.25) is 0 Å². The molecule has 0 bridgehead atoms. The number of anilines is 2. The second-order valence-corrected chi connectivity index (χ2v) is 4.74. The highest BCUT2D eigenvalue weighted by molar-refractivity contribution is 7.98. The average Bonchev–Trinajstić information content (AvgIpc) is 2.22. The van der Waals surface area contributed by atoms with Crippen LogP contribution in [-0.2, 0) is 0 Å². The number of hydrogen-bond donors (Lipinski definition) is 2. The first-order valence-corrected chi connectivity index (χ1v) is 6.90. The van der Waals surface area contributed by atoms with Gasteiger partial charge >= 0.3 is 0 Å². The molecule has 3 N–H and O–H groups in total. The van der Waals surface area contributed by atoms with E-state index in [0.717, 1.165) is 18.7 Å². The molecule has 0 radical (unpaired) electrons. The van der Waals surface area contributed by atoms with Gasteiger partial charge in [0.15, 0.2) is 0 Å². The van der Waals surface area contributed by atoms with Crippen molar-refractivity contribution < 1.29 is 4.39 Å². The third kappa shape index (κ3) is 5.26. The Labute approximate surface area is 101 Å². The van der Waals surface area contributed by atoms with E-state index in [4.69, 9.17) is 5.73 Å². The summed E-state index contributed by atoms with van der Waals surface area (Å²) < 4.78 is 13.0. The minimum Gasteiger partial charge on any atom is -0.399 e. The third-order valence-electron chi connectivity index (χ3n) is 2.27. The number of halogens is 1. The third-order valence-corrected chi connectivity index (χ3v) is 2.97. The van der Waals surface area contributed by atoms with Gasteiger partial charge in [-0.05, 0) is 43.0 Å². The van der Waals surface area contributed by atoms with Gasteiger partial charge < -0.3 is 11.1 Å². The summed E-state index contributed by atoms with van der Waals surface area (Å²) in [6.45, 7) is 0.872. The molecule has 1 aromatic rings. The number of rotatable bonds is 7. The molecule has 0 saturated carbocycles. The van der Waals surface area contributed by atoms with Gasteiger partial charge in [-0.1, -0.05) is 6.42 Å². The van der Waals surface area contributed by atoms with Crippen molar-refractivity contribution in [2.45, 2.75) is 19.3 Å². The predicted octanol–water partition coefficient (Wildman–Crippen LogP) is 3.35. The highest BCUT2D eigenvalue weighted by Crippen LogP contribution is 2.15. The van der Waals surface area contributed by atoms with E-state index < -0.39 is 0 Å². The van der Waals surface area contributed by atoms with Crippen molar-refractivity contribution in [2.24, 2.45) is 0 Å². The fraction of sp³-hybridized carbons (Fsp3) is 0.500. The van der Waals surface area contributed by atoms with Gasteiger partial charge in [-0.25, -0.2) is 4.39 Å². The van der Waals surface area contributed by atoms with Gasteiger partial charge in [0.05, 0.1) is 0 Å². The van der Waals surface area contributed by atoms with Crippen molar-refractivity contribution in [1.82, 2.24) is 0 Å². The molecule has 0 amide bonds. The number of hydrogen-bond acceptors (Lipinski definition) is 3. The Kier molecular flexibility index (Phi) is 6.08. The van der Waals surface area contributed by atoms with E-state index in [1.807, 2.05) is 11.8 Å². The lowest BCUT2D eigenvalue weighted by atomic mass is 10.2. The number of nitrogens with one attached hydrogen (secondary N) is 1. The monoisotopic (exact) mass is 242 g/mol. The van der Waals surface area contributed by atoms with E-state index in [1.165, 1.54) is 30.7 Å². The molecule has 0 aromatic heterocycles. The van der Waals surface area contributed by atoms with Crippen LogP contribution in [0.25, 0.3) is 0 Å². The molecule has 16 heavy (non-hydrogen) atoms. The van der Waals surface area contributed by atoms with E-state index >= 15 is 0 Å². The maximum Gasteiger partial charge on any atom is 0.127 e. The van der Waals surface area contributed by atoms with Gasteiger partial charge in [-0.3, -0.25) is 0 Å². The van der Waals surface area contributed by atoms with Crippen molar-refractivity contribution in [1.29, 1.82) is 0 Å². The summed E-state index contributed by atoms with van der Waals surface area (Å²) in [5.41, 5.74) is 6.78. The molecule has 0 aliphatic rings. The molecule has 0 spiro atoms. The Morgan fingerprint density at radius 3 is 2.75 bits per heavy atom. The summed E-state index contributed by atoms with van der Waals surface area (Å²) >= 11 is 1.87. The van der Waals surface area contributed by atoms with Gasteiger partial charge in [-0.2, -0.15) is 11.8 Å². The van der Waals surface area contributed by atoms with Gasteiger partial charge in [0, 0.05) is 17.9 Å². The summed E-state index contributed by atoms with van der Waals surface area (Å²) in [6, 6.07) is 4.55. The van der Waals surface area contributed by atoms with E-state index in [2.05, 4.69) is 11.6 Å². The van der Waals surface area contributed by atoms with Crippen LogP contribution in [0.1, 0.15) is 19.3 Å². The lowest BCUT2D eigenvalue weighted by molar-refractivity contribution is 0.628. The Hall–Kier alpha value is -0.900. The van der Waals surface area contributed by atoms with E-state index in [0.29, 0.717) is 5.69 Å². The number of thioether (sulfide) groups is 1. The van der Waals surface area contributed by atoms with Gasteiger partial charge in [0.2, 0.25) is 0 Å². The molecule has 0 unspecified atom stereocenters. The summed E-state index contributed by atoms with van der Waals surface area (Å²) in [5, 5.41) is 3.18. The van der Waals surface area contributed by atoms with Crippen LogP contribution >= 0.6 is 11.8 Å². The van der Waals surface area contributed by atoms with Crippen LogP contribution < -0.4 is 11.1 Å². The van der Waals surface area contributed by atoms with E-state index in [1.54, 1.807) is 6.07 Å². The normalized spacial score (nSPS) is 10.4. The van der Waals surface area contributed by atoms with Crippen LogP contribution in [0, 0.1) is 5.82 Å². The zero-order valence-corrected chi connectivity index (χ0v) is 10.4. The van der Waals surface area contributed by atoms with Crippen LogP contribution in [0.3, 0.4) is 0 Å². The minimum atomic E-state index is -0.287. The summed E-state index contributed by atoms with van der Waals surface area (Å²) in [6.07, 6.45) is 5.68. The Bertz CT molecular complexity index is 298. The number of nitrogens with two attached hydrogens (primary N) is 1. The maximum absolute atomic E-state index is 13.0. The molecule has 0 heterocycles. The van der Waals surface area contributed by atoms with Gasteiger partial charge in [0.25, 0.3) is 0 Å². The standard InChI is InChI=1S/C12H19FN2S/c1-16-6-4-2-3-5-15-12-8-10(13)7-11(14)9-12/h7-9,15H,2-6,14H2,1H3. The zero-order valence-electron chi connectivity index (χ0n) is 9.63. The van der Waals surface area contributed by atoms with Crippen molar-refractivity contribution >= 4 is 23.1 Å². The Morgan fingerprint density at radius 2 is 2.06 bits per heavy atom. The lowest BCUT2D eigenvalue weighted by Crippen LogP contribution is -2.02. The molecule has 4 heteroatoms. The minimum absolute atomic E-state index is 0.287. The number of nitrogen functional groups attached to an aromatic ring is 1. The summed E-state index contributed by atoms with van der Waals surface area (Å²) in [5.74, 6) is 0.928. The van der Waals surface area contributed by atoms with E-state index in [-0.39, 0.29) is 5.82 Å². The fourth-order valence-electron chi connectivity index (χ4n) is 1.50. The predicted molar refractivity (Wildman–Crippen MR) is 71.5 cm³/mol. The first-order valence-electron chi connectivity index (χ1n) is 5.51. The number of benzene rings is 1. The van der Waals surface area contributed by atoms with Gasteiger partial charge in [-0.15, -0.1) is 0 Å². The largest absolute Gasteiger partial charge is 0.399 e. The molecule has 0 aliphatic heterocycles. The summed E-state index contributed by atoms with van der Waals surface area (Å²) in [7, 11) is 0. The molecule has 0 fully saturated rings. The van der Waals surface area contributed by atoms with E-state index in [9.17, 15) is 4.39 Å². The smallest absolute Gasteiger partial charge is 0.127 e. The number of unbranched alkanes of at least 4 members (excludes halogenated alkanes) is 2. The highest BCUT2D eigenvalue weighted by atomic mass is 32.2. The molecule has 0 aliphatic carbocycles. The molecular formula is C12H19FN2S. The van der Waals surface area contributed by atoms with Crippen LogP contribution in [0.4, 0.5) is 15.8 Å². The lowest BCUT2D eigenvalue weighted by Gasteiger charge is -2.07. The second-order valence-electron chi connectivity index (χ2n) is 3.75. The van der Waals surface area contributed by atoms with Crippen molar-refractivity contribution in [3.05, 3.63) is 24.0 Å². The molecular weight excluding hydrogens is 223 g/mol. The van der Waals surface area contributed by atoms with Crippen molar-refractivity contribution in [2.75, 3.05) is 29.6 Å². The first-order chi connectivity index (χ1) is 7.72. The summed E-state index contributed by atoms with van der Waals surface area (Å²) in [4.78, 5) is 0. The first kappa shape index (κ1) is 13.2. The molecule has 0 atom stereocenters. The molecule has 1 rings (SSSR count). The van der Waals surface area contributed by atoms with Crippen molar-refractivity contribution in [3.63, 3.8) is 0 Å². The van der Waals surface area contributed by atoms with Crippen LogP contribution in [-0.4, -0.2) is 18.6 Å². The van der Waals surface area contributed by atoms with Gasteiger partial charge in [0.1, 0.15) is 5.82 Å². The maximum atomic E-state index is 13.0. The highest BCUT2D eigenvalue weighted by Gasteiger charge is 1.97. The molecule has 2 nitrogen and oxygen atoms in total. The molecule has 0 saturated heterocycles. The molecule has 90 valence electrons. The quantitative estimate of drug-likeness (QED) is 0.569. The fourth-order valence-corrected chi connectivity index (χ4v) is 1.99. The second kappa shape index (κ2) is 7.39. The topological polar surface area (TPSA) is 38.0 Å². The van der Waals surface area contributed by atoms with Crippen LogP contribution in [0.15, 0.2) is 18.2 Å². The SMILES string of the molecule is CSCCCCCNc1cc(N)cc(F)c1. The molecule has 1 aromatic carbocycles. The Balaban J connectivity index is 2.21. The Morgan fingerprint density at radius 1 is 1.25 bits per heavy atom. The average molecular weight is 242 g/mol.